The van der Waals surface area contributed by atoms with E-state index in [1.807, 2.05) is 35.0 Å². The number of halogens is 2. The molecule has 4 aromatic rings. The predicted octanol–water partition coefficient (Wildman–Crippen LogP) is 6.24. The minimum Gasteiger partial charge on any atom is -0.489 e. The van der Waals surface area contributed by atoms with E-state index in [1.54, 1.807) is 36.4 Å². The number of hydrogen-bond donors (Lipinski definition) is 0. The van der Waals surface area contributed by atoms with Gasteiger partial charge in [0.15, 0.2) is 11.6 Å². The third-order valence-corrected chi connectivity index (χ3v) is 6.57. The third-order valence-electron chi connectivity index (χ3n) is 5.66. The fourth-order valence-electron chi connectivity index (χ4n) is 3.94. The second kappa shape index (κ2) is 9.76. The van der Waals surface area contributed by atoms with E-state index in [1.165, 1.54) is 18.2 Å². The molecule has 1 saturated heterocycles. The first-order valence-corrected chi connectivity index (χ1v) is 11.8. The van der Waals surface area contributed by atoms with Crippen LogP contribution in [0.4, 0.5) is 13.6 Å². The monoisotopic (exact) mass is 490 g/mol. The van der Waals surface area contributed by atoms with Gasteiger partial charge in [-0.05, 0) is 53.7 Å². The second-order valence-electron chi connectivity index (χ2n) is 7.97. The molecular formula is C27H20F2N2O3S. The lowest BCUT2D eigenvalue weighted by Crippen LogP contribution is -2.27. The minimum absolute atomic E-state index is 0.0808. The van der Waals surface area contributed by atoms with E-state index in [2.05, 4.69) is 0 Å². The lowest BCUT2D eigenvalue weighted by molar-refractivity contribution is -0.123. The molecule has 5 rings (SSSR count). The van der Waals surface area contributed by atoms with Crippen molar-refractivity contribution in [1.29, 1.82) is 0 Å². The maximum atomic E-state index is 13.8. The summed E-state index contributed by atoms with van der Waals surface area (Å²) in [6, 6.07) is 19.7. The highest BCUT2D eigenvalue weighted by atomic mass is 32.2. The summed E-state index contributed by atoms with van der Waals surface area (Å²) in [5.41, 5.74) is 2.39. The van der Waals surface area contributed by atoms with Crippen LogP contribution in [0, 0.1) is 11.6 Å². The average molecular weight is 491 g/mol. The number of nitrogens with zero attached hydrogens (tertiary/aromatic N) is 2. The number of thioether (sulfide) groups is 1. The summed E-state index contributed by atoms with van der Waals surface area (Å²) in [5, 5.41) is 0.552. The van der Waals surface area contributed by atoms with Crippen molar-refractivity contribution < 1.29 is 23.1 Å². The predicted molar refractivity (Wildman–Crippen MR) is 132 cm³/mol. The van der Waals surface area contributed by atoms with Gasteiger partial charge >= 0.3 is 0 Å². The zero-order valence-corrected chi connectivity index (χ0v) is 19.3. The molecule has 8 heteroatoms. The number of benzene rings is 3. The van der Waals surface area contributed by atoms with Crippen LogP contribution in [-0.4, -0.2) is 27.2 Å². The van der Waals surface area contributed by atoms with Gasteiger partial charge in [-0.2, -0.15) is 0 Å². The number of fused-ring (bicyclic) bond motifs is 1. The Morgan fingerprint density at radius 1 is 0.914 bits per heavy atom. The quantitative estimate of drug-likeness (QED) is 0.288. The van der Waals surface area contributed by atoms with Crippen molar-refractivity contribution >= 4 is 39.9 Å². The highest BCUT2D eigenvalue weighted by Gasteiger charge is 2.35. The van der Waals surface area contributed by atoms with Crippen LogP contribution in [-0.2, 0) is 17.9 Å². The summed E-state index contributed by atoms with van der Waals surface area (Å²) >= 11 is 0.882. The highest BCUT2D eigenvalue weighted by Crippen LogP contribution is 2.35. The number of amides is 2. The molecule has 0 N–H and O–H groups in total. The molecule has 5 nitrogen and oxygen atoms in total. The molecule has 0 spiro atoms. The Hall–Kier alpha value is -3.91. The molecule has 0 radical (unpaired) electrons. The molecule has 2 heterocycles. The van der Waals surface area contributed by atoms with Crippen LogP contribution in [0.5, 0.6) is 5.75 Å². The first kappa shape index (κ1) is 22.9. The summed E-state index contributed by atoms with van der Waals surface area (Å²) in [5.74, 6) is -0.983. The van der Waals surface area contributed by atoms with Gasteiger partial charge < -0.3 is 9.30 Å². The van der Waals surface area contributed by atoms with Crippen LogP contribution in [0.15, 0.2) is 83.9 Å². The van der Waals surface area contributed by atoms with E-state index in [4.69, 9.17) is 4.74 Å². The molecule has 1 aromatic heterocycles. The fourth-order valence-corrected chi connectivity index (χ4v) is 4.77. The number of rotatable bonds is 7. The number of carbonyl (C=O) groups is 2. The molecular weight excluding hydrogens is 470 g/mol. The third kappa shape index (κ3) is 4.83. The van der Waals surface area contributed by atoms with Crippen LogP contribution in [0.1, 0.15) is 11.1 Å². The molecule has 1 aliphatic rings. The molecule has 0 bridgehead atoms. The molecule has 1 fully saturated rings. The van der Waals surface area contributed by atoms with Gasteiger partial charge in [-0.15, -0.1) is 0 Å². The zero-order chi connectivity index (χ0) is 24.4. The second-order valence-corrected chi connectivity index (χ2v) is 8.96. The van der Waals surface area contributed by atoms with Crippen LogP contribution >= 0.6 is 11.8 Å². The zero-order valence-electron chi connectivity index (χ0n) is 18.5. The SMILES string of the molecule is O=C1S/C(=C\c2cn(CCOc3ccccc3F)c3ccccc23)C(=O)N1Cc1ccc(F)cc1. The Labute approximate surface area is 204 Å². The molecule has 0 aliphatic carbocycles. The standard InChI is InChI=1S/C27H20F2N2O3S/c28-20-11-9-18(10-12-20)16-31-26(32)25(35-27(31)33)15-19-17-30(23-7-3-1-5-21(19)23)13-14-34-24-8-4-2-6-22(24)29/h1-12,15,17H,13-14,16H2/b25-15-. The fraction of sp³-hybridized carbons (Fsp3) is 0.111. The van der Waals surface area contributed by atoms with Crippen molar-refractivity contribution in [2.45, 2.75) is 13.1 Å². The Kier molecular flexibility index (Phi) is 6.37. The van der Waals surface area contributed by atoms with Gasteiger partial charge in [0.2, 0.25) is 0 Å². The number of para-hydroxylation sites is 2. The van der Waals surface area contributed by atoms with E-state index in [-0.39, 0.29) is 35.9 Å². The largest absolute Gasteiger partial charge is 0.489 e. The lowest BCUT2D eigenvalue weighted by Gasteiger charge is -2.12. The Balaban J connectivity index is 1.36. The molecule has 0 atom stereocenters. The molecule has 3 aromatic carbocycles. The van der Waals surface area contributed by atoms with Gasteiger partial charge in [0.05, 0.1) is 18.0 Å². The summed E-state index contributed by atoms with van der Waals surface area (Å²) in [6.45, 7) is 0.805. The van der Waals surface area contributed by atoms with E-state index in [0.29, 0.717) is 17.0 Å². The van der Waals surface area contributed by atoms with Crippen LogP contribution in [0.2, 0.25) is 0 Å². The van der Waals surface area contributed by atoms with Gasteiger partial charge in [-0.25, -0.2) is 8.78 Å². The molecule has 35 heavy (non-hydrogen) atoms. The van der Waals surface area contributed by atoms with Gasteiger partial charge in [-0.3, -0.25) is 14.5 Å². The smallest absolute Gasteiger partial charge is 0.293 e. The summed E-state index contributed by atoms with van der Waals surface area (Å²) < 4.78 is 34.6. The lowest BCUT2D eigenvalue weighted by atomic mass is 10.1. The van der Waals surface area contributed by atoms with E-state index in [9.17, 15) is 18.4 Å². The van der Waals surface area contributed by atoms with Crippen LogP contribution in [0.25, 0.3) is 17.0 Å². The van der Waals surface area contributed by atoms with Crippen LogP contribution in [0.3, 0.4) is 0 Å². The van der Waals surface area contributed by atoms with Gasteiger partial charge in [0, 0.05) is 22.7 Å². The van der Waals surface area contributed by atoms with Gasteiger partial charge in [-0.1, -0.05) is 42.5 Å². The maximum Gasteiger partial charge on any atom is 0.293 e. The molecule has 0 unspecified atom stereocenters. The normalized spacial score (nSPS) is 14.9. The molecule has 1 aliphatic heterocycles. The van der Waals surface area contributed by atoms with Crippen molar-refractivity contribution in [3.63, 3.8) is 0 Å². The topological polar surface area (TPSA) is 51.5 Å². The minimum atomic E-state index is -0.415. The Morgan fingerprint density at radius 3 is 2.46 bits per heavy atom. The van der Waals surface area contributed by atoms with Crippen molar-refractivity contribution in [3.8, 4) is 5.75 Å². The Bertz CT molecular complexity index is 1450. The molecule has 176 valence electrons. The number of carbonyl (C=O) groups excluding carboxylic acids is 2. The van der Waals surface area contributed by atoms with E-state index >= 15 is 0 Å². The van der Waals surface area contributed by atoms with Crippen LogP contribution < -0.4 is 4.74 Å². The molecule has 2 amide bonds. The summed E-state index contributed by atoms with van der Waals surface area (Å²) in [6.07, 6.45) is 3.61. The van der Waals surface area contributed by atoms with Gasteiger partial charge in [0.25, 0.3) is 11.1 Å². The van der Waals surface area contributed by atoms with Crippen molar-refractivity contribution in [2.24, 2.45) is 0 Å². The summed E-state index contributed by atoms with van der Waals surface area (Å²) in [4.78, 5) is 27.0. The van der Waals surface area contributed by atoms with Crippen molar-refractivity contribution in [3.05, 3.63) is 107 Å². The number of hydrogen-bond acceptors (Lipinski definition) is 4. The first-order valence-electron chi connectivity index (χ1n) is 10.9. The van der Waals surface area contributed by atoms with E-state index in [0.717, 1.165) is 33.1 Å². The number of imide groups is 1. The van der Waals surface area contributed by atoms with Gasteiger partial charge in [0.1, 0.15) is 12.4 Å². The first-order chi connectivity index (χ1) is 17.0. The van der Waals surface area contributed by atoms with Crippen molar-refractivity contribution in [1.82, 2.24) is 9.47 Å². The van der Waals surface area contributed by atoms with E-state index < -0.39 is 5.82 Å². The highest BCUT2D eigenvalue weighted by molar-refractivity contribution is 8.18. The summed E-state index contributed by atoms with van der Waals surface area (Å²) in [7, 11) is 0. The van der Waals surface area contributed by atoms with Crippen molar-refractivity contribution in [2.75, 3.05) is 6.61 Å². The Morgan fingerprint density at radius 2 is 1.66 bits per heavy atom. The average Bonchev–Trinajstić information content (AvgIpc) is 3.34. The molecule has 0 saturated carbocycles. The maximum absolute atomic E-state index is 13.8. The number of ether oxygens (including phenoxy) is 1. The number of aromatic nitrogens is 1.